The topological polar surface area (TPSA) is 64.4 Å². The van der Waals surface area contributed by atoms with Gasteiger partial charge in [0.15, 0.2) is 0 Å². The van der Waals surface area contributed by atoms with Crippen LogP contribution in [0, 0.1) is 0 Å². The Kier molecular flexibility index (Phi) is 2.26. The third-order valence-corrected chi connectivity index (χ3v) is 2.22. The van der Waals surface area contributed by atoms with Gasteiger partial charge in [0.2, 0.25) is 0 Å². The van der Waals surface area contributed by atoms with Crippen molar-refractivity contribution in [1.29, 1.82) is 0 Å². The van der Waals surface area contributed by atoms with E-state index in [4.69, 9.17) is 10.5 Å². The molecule has 0 aromatic heterocycles. The van der Waals surface area contributed by atoms with Gasteiger partial charge in [0.05, 0.1) is 6.54 Å². The van der Waals surface area contributed by atoms with Gasteiger partial charge in [0, 0.05) is 6.42 Å². The number of carbonyl (C=O) groups is 1. The van der Waals surface area contributed by atoms with E-state index in [0.29, 0.717) is 6.54 Å². The second kappa shape index (κ2) is 3.57. The number of urea groups is 1. The standard InChI is InChI=1S/C10H12N2O2/c11-10(13)12-6-8-5-7-3-1-2-4-9(7)14-8/h1-4,8H,5-6H2,(H3,11,12,13). The van der Waals surface area contributed by atoms with Crippen LogP contribution in [0.4, 0.5) is 4.79 Å². The highest BCUT2D eigenvalue weighted by Gasteiger charge is 2.21. The first-order chi connectivity index (χ1) is 6.75. The van der Waals surface area contributed by atoms with Gasteiger partial charge in [-0.25, -0.2) is 4.79 Å². The van der Waals surface area contributed by atoms with Gasteiger partial charge >= 0.3 is 6.03 Å². The minimum absolute atomic E-state index is 0.0138. The van der Waals surface area contributed by atoms with Crippen molar-refractivity contribution in [3.05, 3.63) is 29.8 Å². The van der Waals surface area contributed by atoms with Gasteiger partial charge in [-0.15, -0.1) is 0 Å². The Bertz CT molecular complexity index is 327. The number of rotatable bonds is 2. The van der Waals surface area contributed by atoms with Crippen LogP contribution in [0.3, 0.4) is 0 Å². The molecule has 4 heteroatoms. The first kappa shape index (κ1) is 8.87. The SMILES string of the molecule is NC(=O)NCC1Cc2ccccc2O1. The zero-order valence-corrected chi connectivity index (χ0v) is 7.69. The number of ether oxygens (including phenoxy) is 1. The van der Waals surface area contributed by atoms with Crippen molar-refractivity contribution in [2.75, 3.05) is 6.54 Å². The molecule has 1 aliphatic heterocycles. The Morgan fingerprint density at radius 3 is 3.07 bits per heavy atom. The van der Waals surface area contributed by atoms with Crippen LogP contribution in [0.1, 0.15) is 5.56 Å². The summed E-state index contributed by atoms with van der Waals surface area (Å²) in [6.45, 7) is 0.462. The van der Waals surface area contributed by atoms with Crippen LogP contribution in [0.2, 0.25) is 0 Å². The molecule has 4 nitrogen and oxygen atoms in total. The number of nitrogens with two attached hydrogens (primary N) is 1. The van der Waals surface area contributed by atoms with Crippen molar-refractivity contribution in [3.8, 4) is 5.75 Å². The second-order valence-electron chi connectivity index (χ2n) is 3.30. The number of primary amides is 1. The van der Waals surface area contributed by atoms with Crippen molar-refractivity contribution in [1.82, 2.24) is 5.32 Å². The Balaban J connectivity index is 1.95. The predicted molar refractivity (Wildman–Crippen MR) is 52.1 cm³/mol. The van der Waals surface area contributed by atoms with Gasteiger partial charge < -0.3 is 15.8 Å². The summed E-state index contributed by atoms with van der Waals surface area (Å²) in [6.07, 6.45) is 0.844. The van der Waals surface area contributed by atoms with Gasteiger partial charge in [-0.05, 0) is 11.6 Å². The Labute approximate surface area is 82.1 Å². The van der Waals surface area contributed by atoms with Crippen LogP contribution in [0.5, 0.6) is 5.75 Å². The molecule has 1 heterocycles. The summed E-state index contributed by atoms with van der Waals surface area (Å²) in [5, 5.41) is 2.54. The van der Waals surface area contributed by atoms with Crippen LogP contribution in [-0.2, 0) is 6.42 Å². The van der Waals surface area contributed by atoms with E-state index in [1.54, 1.807) is 0 Å². The third-order valence-electron chi connectivity index (χ3n) is 2.22. The van der Waals surface area contributed by atoms with E-state index < -0.39 is 6.03 Å². The van der Waals surface area contributed by atoms with E-state index in [0.717, 1.165) is 12.2 Å². The average molecular weight is 192 g/mol. The van der Waals surface area contributed by atoms with E-state index in [1.807, 2.05) is 24.3 Å². The summed E-state index contributed by atoms with van der Waals surface area (Å²) in [5.74, 6) is 0.906. The van der Waals surface area contributed by atoms with E-state index in [-0.39, 0.29) is 6.10 Å². The quantitative estimate of drug-likeness (QED) is 0.722. The molecule has 0 fully saturated rings. The highest BCUT2D eigenvalue weighted by atomic mass is 16.5. The van der Waals surface area contributed by atoms with Crippen LogP contribution in [0.15, 0.2) is 24.3 Å². The largest absolute Gasteiger partial charge is 0.488 e. The van der Waals surface area contributed by atoms with Gasteiger partial charge in [0.1, 0.15) is 11.9 Å². The van der Waals surface area contributed by atoms with Crippen LogP contribution >= 0.6 is 0 Å². The predicted octanol–water partition coefficient (Wildman–Crippen LogP) is 0.658. The number of hydrogen-bond donors (Lipinski definition) is 2. The van der Waals surface area contributed by atoms with Crippen molar-refractivity contribution in [2.24, 2.45) is 5.73 Å². The normalized spacial score (nSPS) is 18.4. The Morgan fingerprint density at radius 1 is 1.57 bits per heavy atom. The van der Waals surface area contributed by atoms with Gasteiger partial charge in [0.25, 0.3) is 0 Å². The molecule has 0 spiro atoms. The molecule has 1 unspecified atom stereocenters. The molecule has 0 saturated carbocycles. The number of amides is 2. The van der Waals surface area contributed by atoms with E-state index in [9.17, 15) is 4.79 Å². The maximum absolute atomic E-state index is 10.5. The van der Waals surface area contributed by atoms with Crippen LogP contribution in [-0.4, -0.2) is 18.7 Å². The molecule has 0 saturated heterocycles. The summed E-state index contributed by atoms with van der Waals surface area (Å²) in [6, 6.07) is 7.36. The van der Waals surface area contributed by atoms with E-state index >= 15 is 0 Å². The average Bonchev–Trinajstić information content (AvgIpc) is 2.57. The van der Waals surface area contributed by atoms with Crippen molar-refractivity contribution in [3.63, 3.8) is 0 Å². The summed E-state index contributed by atoms with van der Waals surface area (Å²) < 4.78 is 5.59. The van der Waals surface area contributed by atoms with Gasteiger partial charge in [-0.1, -0.05) is 18.2 Å². The molecular weight excluding hydrogens is 180 g/mol. The first-order valence-corrected chi connectivity index (χ1v) is 4.53. The molecule has 1 aromatic rings. The highest BCUT2D eigenvalue weighted by molar-refractivity contribution is 5.71. The molecule has 3 N–H and O–H groups in total. The fraction of sp³-hybridized carbons (Fsp3) is 0.300. The Morgan fingerprint density at radius 2 is 2.36 bits per heavy atom. The van der Waals surface area contributed by atoms with Gasteiger partial charge in [-0.3, -0.25) is 0 Å². The summed E-state index contributed by atoms with van der Waals surface area (Å²) in [5.41, 5.74) is 6.15. The zero-order chi connectivity index (χ0) is 9.97. The first-order valence-electron chi connectivity index (χ1n) is 4.53. The zero-order valence-electron chi connectivity index (χ0n) is 7.69. The van der Waals surface area contributed by atoms with Crippen LogP contribution < -0.4 is 15.8 Å². The second-order valence-corrected chi connectivity index (χ2v) is 3.30. The molecule has 2 amide bonds. The van der Waals surface area contributed by atoms with Crippen molar-refractivity contribution >= 4 is 6.03 Å². The molecule has 14 heavy (non-hydrogen) atoms. The maximum atomic E-state index is 10.5. The van der Waals surface area contributed by atoms with Crippen LogP contribution in [0.25, 0.3) is 0 Å². The van der Waals surface area contributed by atoms with E-state index in [1.165, 1.54) is 5.56 Å². The molecule has 0 aliphatic carbocycles. The van der Waals surface area contributed by atoms with E-state index in [2.05, 4.69) is 5.32 Å². The monoisotopic (exact) mass is 192 g/mol. The molecular formula is C10H12N2O2. The highest BCUT2D eigenvalue weighted by Crippen LogP contribution is 2.27. The minimum Gasteiger partial charge on any atom is -0.488 e. The smallest absolute Gasteiger partial charge is 0.312 e. The fourth-order valence-corrected chi connectivity index (χ4v) is 1.58. The molecule has 1 atom stereocenters. The summed E-state index contributed by atoms with van der Waals surface area (Å²) in [4.78, 5) is 10.5. The molecule has 2 rings (SSSR count). The number of benzene rings is 1. The lowest BCUT2D eigenvalue weighted by Gasteiger charge is -2.09. The fourth-order valence-electron chi connectivity index (χ4n) is 1.58. The lowest BCUT2D eigenvalue weighted by Crippen LogP contribution is -2.37. The van der Waals surface area contributed by atoms with Crippen molar-refractivity contribution in [2.45, 2.75) is 12.5 Å². The van der Waals surface area contributed by atoms with Gasteiger partial charge in [-0.2, -0.15) is 0 Å². The number of nitrogens with one attached hydrogen (secondary N) is 1. The number of hydrogen-bond acceptors (Lipinski definition) is 2. The van der Waals surface area contributed by atoms with Crippen molar-refractivity contribution < 1.29 is 9.53 Å². The maximum Gasteiger partial charge on any atom is 0.312 e. The lowest BCUT2D eigenvalue weighted by atomic mass is 10.1. The number of fused-ring (bicyclic) bond motifs is 1. The molecule has 1 aromatic carbocycles. The summed E-state index contributed by atoms with van der Waals surface area (Å²) >= 11 is 0. The lowest BCUT2D eigenvalue weighted by molar-refractivity contribution is 0.218. The number of carbonyl (C=O) groups excluding carboxylic acids is 1. The third kappa shape index (κ3) is 1.79. The molecule has 74 valence electrons. The number of para-hydroxylation sites is 1. The molecule has 0 radical (unpaired) electrons. The molecule has 1 aliphatic rings. The minimum atomic E-state index is -0.510. The summed E-state index contributed by atoms with van der Waals surface area (Å²) in [7, 11) is 0. The Hall–Kier alpha value is -1.71. The molecule has 0 bridgehead atoms.